The first kappa shape index (κ1) is 11.0. The molecule has 16 heavy (non-hydrogen) atoms. The zero-order valence-corrected chi connectivity index (χ0v) is 8.98. The van der Waals surface area contributed by atoms with Crippen molar-refractivity contribution in [2.45, 2.75) is 12.8 Å². The molecule has 2 aliphatic rings. The second kappa shape index (κ2) is 4.58. The van der Waals surface area contributed by atoms with E-state index in [2.05, 4.69) is 10.5 Å². The molecule has 0 aromatic heterocycles. The van der Waals surface area contributed by atoms with Crippen LogP contribution >= 0.6 is 0 Å². The summed E-state index contributed by atoms with van der Waals surface area (Å²) in [4.78, 5) is 24.6. The van der Waals surface area contributed by atoms with Gasteiger partial charge in [0.2, 0.25) is 5.91 Å². The number of carbonyl (C=O) groups excluding carboxylic acids is 2. The van der Waals surface area contributed by atoms with Gasteiger partial charge < -0.3 is 4.90 Å². The maximum Gasteiger partial charge on any atom is 0.270 e. The fraction of sp³-hybridized carbons (Fsp3) is 0.667. The second-order valence-corrected chi connectivity index (χ2v) is 3.92. The summed E-state index contributed by atoms with van der Waals surface area (Å²) in [7, 11) is 0. The van der Waals surface area contributed by atoms with Crippen LogP contribution < -0.4 is 11.3 Å². The third-order valence-electron chi connectivity index (χ3n) is 2.75. The van der Waals surface area contributed by atoms with Gasteiger partial charge in [0.05, 0.1) is 0 Å². The van der Waals surface area contributed by atoms with Gasteiger partial charge in [-0.15, -0.1) is 0 Å². The minimum absolute atomic E-state index is 0.0897. The van der Waals surface area contributed by atoms with Gasteiger partial charge in [-0.1, -0.05) is 0 Å². The van der Waals surface area contributed by atoms with Crippen molar-refractivity contribution in [3.63, 3.8) is 0 Å². The number of piperazine rings is 1. The number of hydrogen-bond donors (Lipinski definition) is 2. The van der Waals surface area contributed by atoms with E-state index >= 15 is 0 Å². The molecule has 0 unspecified atom stereocenters. The first-order valence-corrected chi connectivity index (χ1v) is 5.31. The Morgan fingerprint density at radius 3 is 2.50 bits per heavy atom. The normalized spacial score (nSPS) is 22.7. The molecule has 0 aromatic rings. The summed E-state index contributed by atoms with van der Waals surface area (Å²) in [5.41, 5.74) is 2.76. The maximum absolute atomic E-state index is 12.0. The Morgan fingerprint density at radius 1 is 1.25 bits per heavy atom. The van der Waals surface area contributed by atoms with Gasteiger partial charge in [0.25, 0.3) is 5.91 Å². The summed E-state index contributed by atoms with van der Waals surface area (Å²) in [6, 6.07) is 0. The van der Waals surface area contributed by atoms with Crippen molar-refractivity contribution in [3.8, 4) is 0 Å². The van der Waals surface area contributed by atoms with Crippen LogP contribution in [0.15, 0.2) is 5.10 Å². The van der Waals surface area contributed by atoms with Gasteiger partial charge in [-0.05, 0) is 0 Å². The van der Waals surface area contributed by atoms with Crippen LogP contribution in [-0.4, -0.2) is 53.6 Å². The monoisotopic (exact) mass is 225 g/mol. The van der Waals surface area contributed by atoms with Crippen LogP contribution in [0.3, 0.4) is 0 Å². The topological polar surface area (TPSA) is 91.0 Å². The van der Waals surface area contributed by atoms with E-state index < -0.39 is 0 Å². The molecule has 3 N–H and O–H groups in total. The highest BCUT2D eigenvalue weighted by Gasteiger charge is 2.25. The summed E-state index contributed by atoms with van der Waals surface area (Å²) in [6.45, 7) is 2.57. The number of nitrogens with one attached hydrogen (secondary N) is 1. The van der Waals surface area contributed by atoms with Gasteiger partial charge >= 0.3 is 0 Å². The molecule has 1 saturated heterocycles. The number of hydrazone groups is 1. The molecule has 0 saturated carbocycles. The average molecular weight is 225 g/mol. The molecule has 1 fully saturated rings. The van der Waals surface area contributed by atoms with Gasteiger partial charge in [0.15, 0.2) is 0 Å². The number of hydrogen-bond acceptors (Lipinski definition) is 5. The predicted octanol–water partition coefficient (Wildman–Crippen LogP) is -1.73. The quantitative estimate of drug-likeness (QED) is 0.519. The molecule has 7 nitrogen and oxygen atoms in total. The van der Waals surface area contributed by atoms with E-state index in [1.54, 1.807) is 9.91 Å². The van der Waals surface area contributed by atoms with Crippen LogP contribution in [0.2, 0.25) is 0 Å². The molecule has 0 spiro atoms. The molecule has 2 rings (SSSR count). The highest BCUT2D eigenvalue weighted by atomic mass is 16.2. The van der Waals surface area contributed by atoms with Crippen molar-refractivity contribution in [2.75, 3.05) is 26.2 Å². The van der Waals surface area contributed by atoms with E-state index in [9.17, 15) is 9.59 Å². The Bertz CT molecular complexity index is 333. The fourth-order valence-corrected chi connectivity index (χ4v) is 1.74. The van der Waals surface area contributed by atoms with Crippen LogP contribution in [0.4, 0.5) is 0 Å². The van der Waals surface area contributed by atoms with Gasteiger partial charge in [-0.25, -0.2) is 10.4 Å². The highest BCUT2D eigenvalue weighted by Crippen LogP contribution is 2.05. The zero-order chi connectivity index (χ0) is 11.5. The van der Waals surface area contributed by atoms with Crippen molar-refractivity contribution >= 4 is 17.5 Å². The highest BCUT2D eigenvalue weighted by molar-refractivity contribution is 6.39. The molecule has 2 amide bonds. The Labute approximate surface area is 93.2 Å². The van der Waals surface area contributed by atoms with Crippen LogP contribution in [0.25, 0.3) is 0 Å². The standard InChI is InChI=1S/C9H15N5O2/c10-14-5-3-13(4-6-14)9(16)7-1-2-8(15)12-11-7/h1-6,10H2,(H,12,15). The molecule has 88 valence electrons. The van der Waals surface area contributed by atoms with E-state index in [1.807, 2.05) is 0 Å². The predicted molar refractivity (Wildman–Crippen MR) is 57.2 cm³/mol. The van der Waals surface area contributed by atoms with Crippen molar-refractivity contribution < 1.29 is 9.59 Å². The summed E-state index contributed by atoms with van der Waals surface area (Å²) in [5, 5.41) is 5.47. The number of nitrogens with zero attached hydrogens (tertiary/aromatic N) is 3. The van der Waals surface area contributed by atoms with Crippen molar-refractivity contribution in [2.24, 2.45) is 10.9 Å². The summed E-state index contributed by atoms with van der Waals surface area (Å²) in [6.07, 6.45) is 0.759. The molecule has 0 radical (unpaired) electrons. The van der Waals surface area contributed by atoms with E-state index in [0.717, 1.165) is 0 Å². The largest absolute Gasteiger partial charge is 0.335 e. The van der Waals surface area contributed by atoms with E-state index in [0.29, 0.717) is 44.7 Å². The van der Waals surface area contributed by atoms with Crippen LogP contribution in [-0.2, 0) is 9.59 Å². The van der Waals surface area contributed by atoms with Gasteiger partial charge in [-0.3, -0.25) is 15.4 Å². The summed E-state index contributed by atoms with van der Waals surface area (Å²) in [5.74, 6) is 5.38. The maximum atomic E-state index is 12.0. The van der Waals surface area contributed by atoms with Gasteiger partial charge in [0.1, 0.15) is 5.71 Å². The molecule has 0 atom stereocenters. The fourth-order valence-electron chi connectivity index (χ4n) is 1.74. The molecule has 2 aliphatic heterocycles. The van der Waals surface area contributed by atoms with Crippen LogP contribution in [0.1, 0.15) is 12.8 Å². The van der Waals surface area contributed by atoms with Gasteiger partial charge in [0, 0.05) is 39.0 Å². The average Bonchev–Trinajstić information content (AvgIpc) is 2.30. The Kier molecular flexibility index (Phi) is 3.16. The number of amides is 2. The zero-order valence-electron chi connectivity index (χ0n) is 8.98. The lowest BCUT2D eigenvalue weighted by atomic mass is 10.1. The molecule has 0 bridgehead atoms. The van der Waals surface area contributed by atoms with E-state index in [4.69, 9.17) is 5.84 Å². The minimum Gasteiger partial charge on any atom is -0.335 e. The van der Waals surface area contributed by atoms with E-state index in [-0.39, 0.29) is 11.8 Å². The first-order chi connectivity index (χ1) is 7.66. The second-order valence-electron chi connectivity index (χ2n) is 3.92. The molecule has 0 aliphatic carbocycles. The number of carbonyl (C=O) groups is 2. The van der Waals surface area contributed by atoms with Crippen molar-refractivity contribution in [1.29, 1.82) is 0 Å². The molecule has 0 aromatic carbocycles. The van der Waals surface area contributed by atoms with E-state index in [1.165, 1.54) is 0 Å². The number of hydrazine groups is 1. The Morgan fingerprint density at radius 2 is 1.94 bits per heavy atom. The molecule has 2 heterocycles. The first-order valence-electron chi connectivity index (χ1n) is 5.31. The van der Waals surface area contributed by atoms with Crippen molar-refractivity contribution in [3.05, 3.63) is 0 Å². The lowest BCUT2D eigenvalue weighted by Gasteiger charge is -2.32. The van der Waals surface area contributed by atoms with Crippen molar-refractivity contribution in [1.82, 2.24) is 15.3 Å². The minimum atomic E-state index is -0.136. The van der Waals surface area contributed by atoms with Gasteiger partial charge in [-0.2, -0.15) is 5.10 Å². The Balaban J connectivity index is 1.95. The smallest absolute Gasteiger partial charge is 0.270 e. The lowest BCUT2D eigenvalue weighted by Crippen LogP contribution is -2.53. The van der Waals surface area contributed by atoms with Crippen LogP contribution in [0.5, 0.6) is 0 Å². The summed E-state index contributed by atoms with van der Waals surface area (Å²) < 4.78 is 0. The molecular formula is C9H15N5O2. The number of rotatable bonds is 1. The Hall–Kier alpha value is -1.47. The van der Waals surface area contributed by atoms with Crippen LogP contribution in [0, 0.1) is 0 Å². The molecular weight excluding hydrogens is 210 g/mol. The summed E-state index contributed by atoms with van der Waals surface area (Å²) >= 11 is 0. The SMILES string of the molecule is NN1CCN(C(=O)C2=NNC(=O)CC2)CC1. The third-order valence-corrected chi connectivity index (χ3v) is 2.75. The number of nitrogens with two attached hydrogens (primary N) is 1. The lowest BCUT2D eigenvalue weighted by molar-refractivity contribution is -0.126. The third kappa shape index (κ3) is 2.37. The molecule has 7 heteroatoms.